The first-order chi connectivity index (χ1) is 18.4. The molecule has 3 aliphatic rings. The summed E-state index contributed by atoms with van der Waals surface area (Å²) in [7, 11) is 0. The quantitative estimate of drug-likeness (QED) is 0.391. The molecule has 1 N–H and O–H groups in total. The number of nitrogens with zero attached hydrogens (tertiary/aromatic N) is 4. The molecule has 192 valence electrons. The lowest BCUT2D eigenvalue weighted by atomic mass is 9.93. The average Bonchev–Trinajstić information content (AvgIpc) is 3.84. The Bertz CT molecular complexity index is 1630. The zero-order valence-corrected chi connectivity index (χ0v) is 21.0. The summed E-state index contributed by atoms with van der Waals surface area (Å²) in [6.45, 7) is 2.69. The minimum Gasteiger partial charge on any atom is -0.481 e. The summed E-state index contributed by atoms with van der Waals surface area (Å²) in [4.78, 5) is 31.5. The molecular weight excluding hydrogens is 483 g/mol. The Morgan fingerprint density at radius 3 is 2.63 bits per heavy atom. The van der Waals surface area contributed by atoms with Gasteiger partial charge in [0.15, 0.2) is 5.65 Å². The zero-order chi connectivity index (χ0) is 26.1. The number of aliphatic carboxylic acids is 1. The lowest BCUT2D eigenvalue weighted by molar-refractivity contribution is -0.138. The van der Waals surface area contributed by atoms with Gasteiger partial charge in [0.1, 0.15) is 11.5 Å². The van der Waals surface area contributed by atoms with Gasteiger partial charge in [0.25, 0.3) is 5.91 Å². The Morgan fingerprint density at radius 2 is 1.89 bits per heavy atom. The van der Waals surface area contributed by atoms with E-state index in [1.165, 1.54) is 17.2 Å². The summed E-state index contributed by atoms with van der Waals surface area (Å²) < 4.78 is 16.9. The maximum Gasteiger partial charge on any atom is 0.307 e. The van der Waals surface area contributed by atoms with E-state index >= 15 is 4.39 Å². The van der Waals surface area contributed by atoms with Gasteiger partial charge in [0.2, 0.25) is 0 Å². The smallest absolute Gasteiger partial charge is 0.307 e. The number of halogens is 1. The van der Waals surface area contributed by atoms with Gasteiger partial charge in [-0.1, -0.05) is 30.3 Å². The summed E-state index contributed by atoms with van der Waals surface area (Å²) in [6, 6.07) is 16.7. The highest BCUT2D eigenvalue weighted by molar-refractivity contribution is 5.93. The van der Waals surface area contributed by atoms with E-state index in [9.17, 15) is 14.7 Å². The van der Waals surface area contributed by atoms with Crippen molar-refractivity contribution in [1.29, 1.82) is 0 Å². The molecule has 1 amide bonds. The van der Waals surface area contributed by atoms with Crippen molar-refractivity contribution in [2.45, 2.75) is 50.5 Å². The Kier molecular flexibility index (Phi) is 5.15. The van der Waals surface area contributed by atoms with E-state index in [0.29, 0.717) is 47.0 Å². The Morgan fingerprint density at radius 1 is 1.08 bits per heavy atom. The normalized spacial score (nSPS) is 22.4. The molecule has 2 aromatic heterocycles. The molecule has 2 fully saturated rings. The van der Waals surface area contributed by atoms with E-state index in [2.05, 4.69) is 19.1 Å². The molecule has 4 aromatic rings. The third-order valence-corrected chi connectivity index (χ3v) is 8.33. The second-order valence-corrected chi connectivity index (χ2v) is 10.8. The standard InChI is InChI=1S/C30H27FN4O3/c1-16-20-5-3-2-4-17(20)10-11-34(16)29(36)26-14-27(18-6-7-18)35-28(32-26)15-25(33-35)21-9-8-19(12-24(21)31)22-13-23(22)30(37)38/h2-5,8-9,12,14-16,18,22-23H,6-7,10-11,13H2,1H3,(H,37,38)/t16-,22-,23+/m1/s1. The summed E-state index contributed by atoms with van der Waals surface area (Å²) in [5.41, 5.74) is 5.76. The number of benzene rings is 2. The van der Waals surface area contributed by atoms with Crippen LogP contribution < -0.4 is 0 Å². The zero-order valence-electron chi connectivity index (χ0n) is 21.0. The molecule has 3 heterocycles. The first-order valence-corrected chi connectivity index (χ1v) is 13.2. The van der Waals surface area contributed by atoms with Crippen molar-refractivity contribution in [2.24, 2.45) is 5.92 Å². The van der Waals surface area contributed by atoms with Crippen LogP contribution in [0.5, 0.6) is 0 Å². The number of carbonyl (C=O) groups is 2. The molecule has 0 saturated heterocycles. The van der Waals surface area contributed by atoms with E-state index in [1.54, 1.807) is 22.7 Å². The molecule has 0 unspecified atom stereocenters. The molecule has 0 radical (unpaired) electrons. The van der Waals surface area contributed by atoms with Crippen molar-refractivity contribution in [3.8, 4) is 11.3 Å². The van der Waals surface area contributed by atoms with Crippen LogP contribution in [0.25, 0.3) is 16.9 Å². The Balaban J connectivity index is 1.23. The monoisotopic (exact) mass is 510 g/mol. The Hall–Kier alpha value is -4.07. The number of carboxylic acids is 1. The summed E-state index contributed by atoms with van der Waals surface area (Å²) >= 11 is 0. The van der Waals surface area contributed by atoms with Crippen LogP contribution in [0, 0.1) is 11.7 Å². The lowest BCUT2D eigenvalue weighted by Crippen LogP contribution is -2.39. The van der Waals surface area contributed by atoms with Crippen LogP contribution in [0.2, 0.25) is 0 Å². The van der Waals surface area contributed by atoms with E-state index in [4.69, 9.17) is 10.1 Å². The number of rotatable bonds is 5. The maximum absolute atomic E-state index is 15.2. The fourth-order valence-corrected chi connectivity index (χ4v) is 5.91. The molecular formula is C30H27FN4O3. The minimum atomic E-state index is -0.841. The van der Waals surface area contributed by atoms with Crippen LogP contribution in [0.15, 0.2) is 54.6 Å². The van der Waals surface area contributed by atoms with Crippen molar-refractivity contribution >= 4 is 17.5 Å². The predicted molar refractivity (Wildman–Crippen MR) is 138 cm³/mol. The molecule has 3 atom stereocenters. The minimum absolute atomic E-state index is 0.0462. The highest BCUT2D eigenvalue weighted by atomic mass is 19.1. The van der Waals surface area contributed by atoms with Crippen LogP contribution >= 0.6 is 0 Å². The molecule has 38 heavy (non-hydrogen) atoms. The van der Waals surface area contributed by atoms with E-state index < -0.39 is 17.7 Å². The van der Waals surface area contributed by atoms with Crippen LogP contribution in [0.1, 0.15) is 76.9 Å². The SMILES string of the molecule is C[C@@H]1c2ccccc2CCN1C(=O)c1cc(C2CC2)n2nc(-c3ccc([C@H]4C[C@@H]4C(=O)O)cc3F)cc2n1. The molecule has 2 saturated carbocycles. The second-order valence-electron chi connectivity index (χ2n) is 10.8. The first kappa shape index (κ1) is 23.1. The molecule has 7 nitrogen and oxygen atoms in total. The van der Waals surface area contributed by atoms with Crippen molar-refractivity contribution in [3.63, 3.8) is 0 Å². The molecule has 1 aliphatic heterocycles. The maximum atomic E-state index is 15.2. The van der Waals surface area contributed by atoms with Gasteiger partial charge in [0.05, 0.1) is 17.7 Å². The predicted octanol–water partition coefficient (Wildman–Crippen LogP) is 5.36. The Labute approximate surface area is 218 Å². The van der Waals surface area contributed by atoms with Gasteiger partial charge in [-0.05, 0) is 73.4 Å². The number of carbonyl (C=O) groups excluding carboxylic acids is 1. The van der Waals surface area contributed by atoms with Gasteiger partial charge in [0, 0.05) is 29.8 Å². The van der Waals surface area contributed by atoms with Crippen molar-refractivity contribution in [1.82, 2.24) is 19.5 Å². The topological polar surface area (TPSA) is 87.8 Å². The number of amides is 1. The van der Waals surface area contributed by atoms with E-state index in [1.807, 2.05) is 23.1 Å². The number of aromatic nitrogens is 3. The largest absolute Gasteiger partial charge is 0.481 e. The van der Waals surface area contributed by atoms with Gasteiger partial charge < -0.3 is 10.0 Å². The van der Waals surface area contributed by atoms with Crippen molar-refractivity contribution in [3.05, 3.63) is 88.5 Å². The molecule has 0 spiro atoms. The molecule has 2 aliphatic carbocycles. The fraction of sp³-hybridized carbons (Fsp3) is 0.333. The molecule has 0 bridgehead atoms. The van der Waals surface area contributed by atoms with E-state index in [0.717, 1.165) is 25.0 Å². The molecule has 8 heteroatoms. The van der Waals surface area contributed by atoms with Crippen molar-refractivity contribution < 1.29 is 19.1 Å². The van der Waals surface area contributed by atoms with Gasteiger partial charge in [-0.25, -0.2) is 13.9 Å². The third kappa shape index (κ3) is 3.78. The number of fused-ring (bicyclic) bond motifs is 2. The van der Waals surface area contributed by atoms with Crippen LogP contribution in [0.3, 0.4) is 0 Å². The first-order valence-electron chi connectivity index (χ1n) is 13.2. The lowest BCUT2D eigenvalue weighted by Gasteiger charge is -2.35. The highest BCUT2D eigenvalue weighted by Crippen LogP contribution is 2.48. The van der Waals surface area contributed by atoms with Gasteiger partial charge in [-0.15, -0.1) is 0 Å². The fourth-order valence-electron chi connectivity index (χ4n) is 5.91. The van der Waals surface area contributed by atoms with Crippen LogP contribution in [-0.4, -0.2) is 43.0 Å². The van der Waals surface area contributed by atoms with Crippen LogP contribution in [-0.2, 0) is 11.2 Å². The second kappa shape index (κ2) is 8.48. The van der Waals surface area contributed by atoms with Crippen LogP contribution in [0.4, 0.5) is 4.39 Å². The number of hydrogen-bond donors (Lipinski definition) is 1. The van der Waals surface area contributed by atoms with Gasteiger partial charge in [-0.2, -0.15) is 5.10 Å². The third-order valence-electron chi connectivity index (χ3n) is 8.33. The van der Waals surface area contributed by atoms with Gasteiger partial charge >= 0.3 is 5.97 Å². The average molecular weight is 511 g/mol. The van der Waals surface area contributed by atoms with E-state index in [-0.39, 0.29) is 17.9 Å². The van der Waals surface area contributed by atoms with Gasteiger partial charge in [-0.3, -0.25) is 9.59 Å². The summed E-state index contributed by atoms with van der Waals surface area (Å²) in [5, 5.41) is 13.9. The molecule has 7 rings (SSSR count). The van der Waals surface area contributed by atoms with Crippen molar-refractivity contribution in [2.75, 3.05) is 6.54 Å². The summed E-state index contributed by atoms with van der Waals surface area (Å²) in [5.74, 6) is -1.66. The number of hydrogen-bond acceptors (Lipinski definition) is 4. The number of carboxylic acid groups (broad SMARTS) is 1. The highest BCUT2D eigenvalue weighted by Gasteiger charge is 2.44. The summed E-state index contributed by atoms with van der Waals surface area (Å²) in [6.07, 6.45) is 3.38. The molecule has 2 aromatic carbocycles.